The zero-order valence-electron chi connectivity index (χ0n) is 15.2. The second-order valence-corrected chi connectivity index (χ2v) is 6.52. The molecule has 3 aromatic rings. The van der Waals surface area contributed by atoms with Crippen molar-refractivity contribution in [1.82, 2.24) is 10.2 Å². The fourth-order valence-electron chi connectivity index (χ4n) is 3.01. The zero-order valence-corrected chi connectivity index (χ0v) is 15.2. The lowest BCUT2D eigenvalue weighted by atomic mass is 9.99. The molecule has 0 radical (unpaired) electrons. The third-order valence-electron chi connectivity index (χ3n) is 4.45. The average molecular weight is 348 g/mol. The van der Waals surface area contributed by atoms with Crippen LogP contribution in [0.2, 0.25) is 0 Å². The van der Waals surface area contributed by atoms with Crippen molar-refractivity contribution in [3.8, 4) is 0 Å². The first kappa shape index (κ1) is 18.0. The molecule has 1 aromatic heterocycles. The highest BCUT2D eigenvalue weighted by Gasteiger charge is 2.19. The Bertz CT molecular complexity index is 826. The van der Waals surface area contributed by atoms with Gasteiger partial charge in [-0.05, 0) is 49.8 Å². The van der Waals surface area contributed by atoms with E-state index < -0.39 is 0 Å². The summed E-state index contributed by atoms with van der Waals surface area (Å²) in [6, 6.07) is 21.7. The summed E-state index contributed by atoms with van der Waals surface area (Å²) in [6.45, 7) is 0.485. The Labute approximate surface area is 154 Å². The van der Waals surface area contributed by atoms with Crippen molar-refractivity contribution < 1.29 is 9.21 Å². The maximum Gasteiger partial charge on any atom is 0.251 e. The van der Waals surface area contributed by atoms with Crippen LogP contribution in [0.3, 0.4) is 0 Å². The molecule has 0 spiro atoms. The van der Waals surface area contributed by atoms with Gasteiger partial charge < -0.3 is 9.73 Å². The number of carbonyl (C=O) groups excluding carboxylic acids is 1. The fraction of sp³-hybridized carbons (Fsp3) is 0.227. The van der Waals surface area contributed by atoms with Gasteiger partial charge in [-0.15, -0.1) is 0 Å². The number of rotatable bonds is 7. The molecule has 0 aliphatic carbocycles. The normalized spacial score (nSPS) is 12.1. The van der Waals surface area contributed by atoms with E-state index in [2.05, 4.69) is 17.4 Å². The van der Waals surface area contributed by atoms with Gasteiger partial charge in [0.05, 0.1) is 12.3 Å². The summed E-state index contributed by atoms with van der Waals surface area (Å²) in [5.74, 6) is 0.780. The summed E-state index contributed by atoms with van der Waals surface area (Å²) in [5.41, 5.74) is 2.93. The molecule has 3 rings (SSSR count). The van der Waals surface area contributed by atoms with E-state index in [-0.39, 0.29) is 11.9 Å². The van der Waals surface area contributed by atoms with Crippen LogP contribution in [0.1, 0.15) is 33.3 Å². The van der Waals surface area contributed by atoms with Gasteiger partial charge >= 0.3 is 0 Å². The molecule has 134 valence electrons. The molecule has 26 heavy (non-hydrogen) atoms. The van der Waals surface area contributed by atoms with Gasteiger partial charge in [0, 0.05) is 12.1 Å². The van der Waals surface area contributed by atoms with Crippen molar-refractivity contribution in [1.29, 1.82) is 0 Å². The number of hydrogen-bond acceptors (Lipinski definition) is 3. The number of carbonyl (C=O) groups is 1. The molecule has 4 heteroatoms. The molecule has 1 N–H and O–H groups in total. The van der Waals surface area contributed by atoms with E-state index in [1.807, 2.05) is 73.6 Å². The summed E-state index contributed by atoms with van der Waals surface area (Å²) in [5, 5.41) is 3.05. The van der Waals surface area contributed by atoms with Crippen LogP contribution in [0.25, 0.3) is 0 Å². The lowest BCUT2D eigenvalue weighted by molar-refractivity contribution is 0.0938. The minimum Gasteiger partial charge on any atom is -0.468 e. The minimum atomic E-state index is -0.0602. The number of hydrogen-bond donors (Lipinski definition) is 1. The van der Waals surface area contributed by atoms with Crippen molar-refractivity contribution >= 4 is 5.91 Å². The number of furan rings is 1. The molecule has 0 fully saturated rings. The number of nitrogens with one attached hydrogen (secondary N) is 1. The Morgan fingerprint density at radius 1 is 1.00 bits per heavy atom. The molecular formula is C22H24N2O2. The lowest BCUT2D eigenvalue weighted by Crippen LogP contribution is -2.34. The second kappa shape index (κ2) is 8.50. The summed E-state index contributed by atoms with van der Waals surface area (Å²) in [6.07, 6.45) is 2.39. The van der Waals surface area contributed by atoms with Gasteiger partial charge in [0.1, 0.15) is 5.76 Å². The van der Waals surface area contributed by atoms with Crippen molar-refractivity contribution in [2.75, 3.05) is 20.6 Å². The van der Waals surface area contributed by atoms with Gasteiger partial charge in [0.15, 0.2) is 0 Å². The standard InChI is InChI=1S/C22H24N2O2/c1-24(2)20(21-13-8-14-26-21)16-23-22(25)19-12-7-6-11-18(19)15-17-9-4-3-5-10-17/h3-14,20H,15-16H2,1-2H3,(H,23,25). The first-order chi connectivity index (χ1) is 12.6. The monoisotopic (exact) mass is 348 g/mol. The molecule has 0 saturated heterocycles. The van der Waals surface area contributed by atoms with Crippen molar-refractivity contribution in [2.45, 2.75) is 12.5 Å². The molecular weight excluding hydrogens is 324 g/mol. The second-order valence-electron chi connectivity index (χ2n) is 6.52. The minimum absolute atomic E-state index is 0.00441. The summed E-state index contributed by atoms with van der Waals surface area (Å²) in [7, 11) is 3.95. The Morgan fingerprint density at radius 3 is 2.42 bits per heavy atom. The summed E-state index contributed by atoms with van der Waals surface area (Å²) in [4.78, 5) is 14.8. The van der Waals surface area contributed by atoms with E-state index >= 15 is 0 Å². The van der Waals surface area contributed by atoms with Gasteiger partial charge in [-0.1, -0.05) is 48.5 Å². The molecule has 0 aliphatic heterocycles. The number of likely N-dealkylation sites (N-methyl/N-ethyl adjacent to an activating group) is 1. The molecule has 4 nitrogen and oxygen atoms in total. The predicted molar refractivity (Wildman–Crippen MR) is 103 cm³/mol. The quantitative estimate of drug-likeness (QED) is 0.704. The van der Waals surface area contributed by atoms with E-state index in [9.17, 15) is 4.79 Å². The van der Waals surface area contributed by atoms with Crippen molar-refractivity contribution in [3.05, 3.63) is 95.4 Å². The first-order valence-electron chi connectivity index (χ1n) is 8.75. The lowest BCUT2D eigenvalue weighted by Gasteiger charge is -2.23. The number of amides is 1. The third kappa shape index (κ3) is 4.41. The van der Waals surface area contributed by atoms with Crippen molar-refractivity contribution in [2.24, 2.45) is 0 Å². The van der Waals surface area contributed by atoms with Crippen LogP contribution in [0.15, 0.2) is 77.4 Å². The summed E-state index contributed by atoms with van der Waals surface area (Å²) < 4.78 is 5.50. The average Bonchev–Trinajstić information content (AvgIpc) is 3.17. The van der Waals surface area contributed by atoms with Gasteiger partial charge in [-0.2, -0.15) is 0 Å². The highest BCUT2D eigenvalue weighted by molar-refractivity contribution is 5.95. The zero-order chi connectivity index (χ0) is 18.4. The Kier molecular flexibility index (Phi) is 5.87. The van der Waals surface area contributed by atoms with E-state index in [1.165, 1.54) is 5.56 Å². The first-order valence-corrected chi connectivity index (χ1v) is 8.75. The van der Waals surface area contributed by atoms with Crippen LogP contribution < -0.4 is 5.32 Å². The summed E-state index contributed by atoms with van der Waals surface area (Å²) >= 11 is 0. The topological polar surface area (TPSA) is 45.5 Å². The smallest absolute Gasteiger partial charge is 0.251 e. The van der Waals surface area contributed by atoms with Gasteiger partial charge in [0.2, 0.25) is 0 Å². The maximum absolute atomic E-state index is 12.8. The van der Waals surface area contributed by atoms with Crippen LogP contribution in [0, 0.1) is 0 Å². The molecule has 1 heterocycles. The molecule has 1 unspecified atom stereocenters. The van der Waals surface area contributed by atoms with Crippen molar-refractivity contribution in [3.63, 3.8) is 0 Å². The van der Waals surface area contributed by atoms with Crippen LogP contribution >= 0.6 is 0 Å². The Balaban J connectivity index is 1.72. The Hall–Kier alpha value is -2.85. The third-order valence-corrected chi connectivity index (χ3v) is 4.45. The number of benzene rings is 2. The van der Waals surface area contributed by atoms with Crippen LogP contribution in [0.4, 0.5) is 0 Å². The largest absolute Gasteiger partial charge is 0.468 e. The molecule has 0 saturated carbocycles. The highest BCUT2D eigenvalue weighted by Crippen LogP contribution is 2.19. The number of nitrogens with zero attached hydrogens (tertiary/aromatic N) is 1. The van der Waals surface area contributed by atoms with E-state index in [0.717, 1.165) is 17.7 Å². The molecule has 1 atom stereocenters. The van der Waals surface area contributed by atoms with E-state index in [1.54, 1.807) is 6.26 Å². The van der Waals surface area contributed by atoms with Gasteiger partial charge in [-0.25, -0.2) is 0 Å². The van der Waals surface area contributed by atoms with Crippen LogP contribution in [-0.2, 0) is 6.42 Å². The fourth-order valence-corrected chi connectivity index (χ4v) is 3.01. The maximum atomic E-state index is 12.8. The Morgan fingerprint density at radius 2 is 1.73 bits per heavy atom. The highest BCUT2D eigenvalue weighted by atomic mass is 16.3. The molecule has 0 aliphatic rings. The SMILES string of the molecule is CN(C)C(CNC(=O)c1ccccc1Cc1ccccc1)c1ccco1. The van der Waals surface area contributed by atoms with Gasteiger partial charge in [0.25, 0.3) is 5.91 Å². The molecule has 0 bridgehead atoms. The molecule has 2 aromatic carbocycles. The van der Waals surface area contributed by atoms with Crippen LogP contribution in [-0.4, -0.2) is 31.4 Å². The predicted octanol–water partition coefficient (Wildman–Crippen LogP) is 3.90. The van der Waals surface area contributed by atoms with Gasteiger partial charge in [-0.3, -0.25) is 9.69 Å². The van der Waals surface area contributed by atoms with E-state index in [4.69, 9.17) is 4.42 Å². The van der Waals surface area contributed by atoms with Crippen LogP contribution in [0.5, 0.6) is 0 Å². The van der Waals surface area contributed by atoms with E-state index in [0.29, 0.717) is 12.1 Å². The molecule has 1 amide bonds.